The summed E-state index contributed by atoms with van der Waals surface area (Å²) in [5.41, 5.74) is 7.22. The fourth-order valence-electron chi connectivity index (χ4n) is 4.54. The third kappa shape index (κ3) is 5.49. The average molecular weight is 428 g/mol. The van der Waals surface area contributed by atoms with Crippen molar-refractivity contribution in [2.45, 2.75) is 77.3 Å². The lowest BCUT2D eigenvalue weighted by Crippen LogP contribution is -2.50. The summed E-state index contributed by atoms with van der Waals surface area (Å²) in [5.74, 6) is 0.0508. The molecule has 1 fully saturated rings. The number of hydrogen-bond acceptors (Lipinski definition) is 4. The van der Waals surface area contributed by atoms with Crippen molar-refractivity contribution in [1.82, 2.24) is 10.2 Å². The zero-order valence-corrected chi connectivity index (χ0v) is 18.5. The van der Waals surface area contributed by atoms with E-state index in [2.05, 4.69) is 23.7 Å². The zero-order valence-electron chi connectivity index (χ0n) is 16.9. The number of carbonyl (C=O) groups excluding carboxylic acids is 2. The maximum absolute atomic E-state index is 13.1. The highest BCUT2D eigenvalue weighted by Crippen LogP contribution is 2.38. The van der Waals surface area contributed by atoms with Crippen molar-refractivity contribution in [3.8, 4) is 0 Å². The Bertz CT molecular complexity index is 658. The van der Waals surface area contributed by atoms with Crippen molar-refractivity contribution < 1.29 is 9.59 Å². The first-order valence-corrected chi connectivity index (χ1v) is 11.3. The number of carbonyl (C=O) groups is 2. The van der Waals surface area contributed by atoms with Crippen LogP contribution in [0, 0.1) is 5.41 Å². The number of rotatable bonds is 7. The van der Waals surface area contributed by atoms with Gasteiger partial charge >= 0.3 is 0 Å². The average Bonchev–Trinajstić information content (AvgIpc) is 3.15. The molecule has 3 N–H and O–H groups in total. The highest BCUT2D eigenvalue weighted by atomic mass is 35.5. The minimum atomic E-state index is -0.416. The molecule has 1 saturated carbocycles. The number of amides is 2. The SMILES string of the molecule is CCCC(NC(=O)CC1(CN)CCCCC1)C(=O)N1CCc2sccc2C1.Cl. The summed E-state index contributed by atoms with van der Waals surface area (Å²) >= 11 is 1.77. The van der Waals surface area contributed by atoms with Gasteiger partial charge in [-0.15, -0.1) is 23.7 Å². The van der Waals surface area contributed by atoms with Gasteiger partial charge in [-0.3, -0.25) is 9.59 Å². The van der Waals surface area contributed by atoms with E-state index in [0.717, 1.165) is 45.1 Å². The molecule has 0 saturated heterocycles. The first kappa shape index (κ1) is 23.2. The standard InChI is InChI=1S/C21H33N3O2S.ClH/c1-2-6-17(20(26)24-11-7-18-16(14-24)8-12-27-18)23-19(25)13-21(15-22)9-4-3-5-10-21;/h8,12,17H,2-7,9-11,13-15,22H2,1H3,(H,23,25);1H. The molecule has 2 amide bonds. The minimum Gasteiger partial charge on any atom is -0.344 e. The summed E-state index contributed by atoms with van der Waals surface area (Å²) in [4.78, 5) is 29.2. The molecule has 1 unspecified atom stereocenters. The minimum absolute atomic E-state index is 0. The van der Waals surface area contributed by atoms with E-state index in [0.29, 0.717) is 25.9 Å². The van der Waals surface area contributed by atoms with E-state index in [1.807, 2.05) is 4.90 Å². The lowest BCUT2D eigenvalue weighted by atomic mass is 9.71. The second-order valence-corrected chi connectivity index (χ2v) is 9.23. The lowest BCUT2D eigenvalue weighted by molar-refractivity contribution is -0.138. The van der Waals surface area contributed by atoms with E-state index in [9.17, 15) is 9.59 Å². The van der Waals surface area contributed by atoms with E-state index in [4.69, 9.17) is 5.73 Å². The van der Waals surface area contributed by atoms with Crippen LogP contribution in [-0.4, -0.2) is 35.8 Å². The van der Waals surface area contributed by atoms with Crippen LogP contribution in [0.2, 0.25) is 0 Å². The second kappa shape index (κ2) is 10.6. The Balaban J connectivity index is 0.00000280. The molecule has 0 bridgehead atoms. The van der Waals surface area contributed by atoms with Gasteiger partial charge in [0.25, 0.3) is 0 Å². The lowest BCUT2D eigenvalue weighted by Gasteiger charge is -2.36. The molecule has 7 heteroatoms. The van der Waals surface area contributed by atoms with Crippen molar-refractivity contribution in [1.29, 1.82) is 0 Å². The van der Waals surface area contributed by atoms with Gasteiger partial charge in [-0.25, -0.2) is 0 Å². The Kier molecular flexibility index (Phi) is 8.78. The van der Waals surface area contributed by atoms with E-state index < -0.39 is 6.04 Å². The molecular weight excluding hydrogens is 394 g/mol. The molecule has 2 heterocycles. The Labute approximate surface area is 178 Å². The Hall–Kier alpha value is -1.11. The summed E-state index contributed by atoms with van der Waals surface area (Å²) in [7, 11) is 0. The monoisotopic (exact) mass is 427 g/mol. The number of nitrogens with one attached hydrogen (secondary N) is 1. The van der Waals surface area contributed by atoms with Gasteiger partial charge in [0.15, 0.2) is 0 Å². The Morgan fingerprint density at radius 2 is 2.07 bits per heavy atom. The predicted octanol–water partition coefficient (Wildman–Crippen LogP) is 3.64. The molecule has 1 aromatic heterocycles. The molecule has 28 heavy (non-hydrogen) atoms. The van der Waals surface area contributed by atoms with Crippen molar-refractivity contribution in [3.63, 3.8) is 0 Å². The van der Waals surface area contributed by atoms with Crippen LogP contribution in [0.5, 0.6) is 0 Å². The van der Waals surface area contributed by atoms with Gasteiger partial charge in [0, 0.05) is 24.4 Å². The fraction of sp³-hybridized carbons (Fsp3) is 0.714. The van der Waals surface area contributed by atoms with Gasteiger partial charge in [-0.2, -0.15) is 0 Å². The first-order chi connectivity index (χ1) is 13.1. The highest BCUT2D eigenvalue weighted by molar-refractivity contribution is 7.10. The van der Waals surface area contributed by atoms with Crippen LogP contribution in [0.4, 0.5) is 0 Å². The maximum atomic E-state index is 13.1. The summed E-state index contributed by atoms with van der Waals surface area (Å²) in [6.45, 7) is 4.03. The molecular formula is C21H34ClN3O2S. The first-order valence-electron chi connectivity index (χ1n) is 10.4. The van der Waals surface area contributed by atoms with Gasteiger partial charge in [0.1, 0.15) is 6.04 Å². The quantitative estimate of drug-likeness (QED) is 0.697. The Morgan fingerprint density at radius 1 is 1.32 bits per heavy atom. The van der Waals surface area contributed by atoms with Crippen LogP contribution in [0.1, 0.15) is 68.7 Å². The Morgan fingerprint density at radius 3 is 2.75 bits per heavy atom. The molecule has 0 spiro atoms. The van der Waals surface area contributed by atoms with Crippen molar-refractivity contribution in [2.24, 2.45) is 11.1 Å². The second-order valence-electron chi connectivity index (χ2n) is 8.23. The van der Waals surface area contributed by atoms with Crippen LogP contribution in [0.25, 0.3) is 0 Å². The summed E-state index contributed by atoms with van der Waals surface area (Å²) < 4.78 is 0. The summed E-state index contributed by atoms with van der Waals surface area (Å²) in [5, 5.41) is 5.15. The predicted molar refractivity (Wildman–Crippen MR) is 117 cm³/mol. The van der Waals surface area contributed by atoms with E-state index in [1.54, 1.807) is 11.3 Å². The van der Waals surface area contributed by atoms with Crippen molar-refractivity contribution in [2.75, 3.05) is 13.1 Å². The smallest absolute Gasteiger partial charge is 0.245 e. The number of hydrogen-bond donors (Lipinski definition) is 2. The van der Waals surface area contributed by atoms with E-state index >= 15 is 0 Å². The molecule has 1 aromatic rings. The topological polar surface area (TPSA) is 75.4 Å². The largest absolute Gasteiger partial charge is 0.344 e. The van der Waals surface area contributed by atoms with E-state index in [1.165, 1.54) is 16.9 Å². The van der Waals surface area contributed by atoms with Crippen LogP contribution in [0.15, 0.2) is 11.4 Å². The molecule has 1 aliphatic heterocycles. The third-order valence-corrected chi connectivity index (χ3v) is 7.24. The van der Waals surface area contributed by atoms with Crippen LogP contribution < -0.4 is 11.1 Å². The van der Waals surface area contributed by atoms with Crippen molar-refractivity contribution in [3.05, 3.63) is 21.9 Å². The van der Waals surface area contributed by atoms with Crippen molar-refractivity contribution >= 4 is 35.6 Å². The number of halogens is 1. The summed E-state index contributed by atoms with van der Waals surface area (Å²) in [6, 6.07) is 1.70. The van der Waals surface area contributed by atoms with E-state index in [-0.39, 0.29) is 29.6 Å². The molecule has 5 nitrogen and oxygen atoms in total. The van der Waals surface area contributed by atoms with Gasteiger partial charge < -0.3 is 16.0 Å². The fourth-order valence-corrected chi connectivity index (χ4v) is 5.43. The van der Waals surface area contributed by atoms with Crippen LogP contribution >= 0.6 is 23.7 Å². The highest BCUT2D eigenvalue weighted by Gasteiger charge is 2.35. The van der Waals surface area contributed by atoms with Gasteiger partial charge in [0.2, 0.25) is 11.8 Å². The molecule has 2 aliphatic rings. The van der Waals surface area contributed by atoms with Crippen LogP contribution in [0.3, 0.4) is 0 Å². The maximum Gasteiger partial charge on any atom is 0.245 e. The normalized spacial score (nSPS) is 19.3. The number of thiophene rings is 1. The third-order valence-electron chi connectivity index (χ3n) is 6.21. The van der Waals surface area contributed by atoms with Gasteiger partial charge in [-0.1, -0.05) is 32.6 Å². The zero-order chi connectivity index (χ0) is 19.3. The number of fused-ring (bicyclic) bond motifs is 1. The number of nitrogens with zero attached hydrogens (tertiary/aromatic N) is 1. The van der Waals surface area contributed by atoms with Crippen LogP contribution in [-0.2, 0) is 22.6 Å². The molecule has 1 aliphatic carbocycles. The summed E-state index contributed by atoms with van der Waals surface area (Å²) in [6.07, 6.45) is 8.51. The molecule has 0 radical (unpaired) electrons. The molecule has 0 aromatic carbocycles. The van der Waals surface area contributed by atoms with Gasteiger partial charge in [-0.05, 0) is 54.7 Å². The number of nitrogens with two attached hydrogens (primary N) is 1. The van der Waals surface area contributed by atoms with Gasteiger partial charge in [0.05, 0.1) is 0 Å². The molecule has 1 atom stereocenters. The molecule has 158 valence electrons. The molecule has 3 rings (SSSR count).